The van der Waals surface area contributed by atoms with Crippen LogP contribution in [0.3, 0.4) is 0 Å². The van der Waals surface area contributed by atoms with E-state index in [9.17, 15) is 14.9 Å². The zero-order valence-electron chi connectivity index (χ0n) is 29.2. The van der Waals surface area contributed by atoms with Gasteiger partial charge in [-0.15, -0.1) is 0 Å². The predicted molar refractivity (Wildman–Crippen MR) is 197 cm³/mol. The van der Waals surface area contributed by atoms with Crippen LogP contribution >= 0.6 is 11.6 Å². The number of hydrogen-bond donors (Lipinski definition) is 0. The van der Waals surface area contributed by atoms with E-state index in [4.69, 9.17) is 21.6 Å². The Morgan fingerprint density at radius 2 is 1.66 bits per heavy atom. The molecule has 1 aliphatic rings. The number of carbonyl (C=O) groups excluding carboxylic acids is 1. The summed E-state index contributed by atoms with van der Waals surface area (Å²) in [6.07, 6.45) is 9.92. The number of nitriles is 1. The predicted octanol–water partition coefficient (Wildman–Crippen LogP) is 7.63. The number of aryl methyl sites for hydroxylation is 1. The molecule has 0 unspecified atom stereocenters. The summed E-state index contributed by atoms with van der Waals surface area (Å²) in [5.74, 6) is -0.0839. The molecule has 4 heterocycles. The van der Waals surface area contributed by atoms with Gasteiger partial charge in [0.05, 0.1) is 0 Å². The second-order valence-electron chi connectivity index (χ2n) is 13.3. The SMILES string of the molecule is C=CC(=O)N1CCN(c2c(C#N)c(=O)n(-c3c(C)ccnc3C(C)C)c3n[c]([Sn]([CH2]CCC)([CH2]CCC)[CH2]CCC)c(Cl)cc23)CC1. The van der Waals surface area contributed by atoms with Crippen LogP contribution in [0.15, 0.2) is 35.8 Å². The van der Waals surface area contributed by atoms with Crippen molar-refractivity contribution in [1.29, 1.82) is 5.26 Å². The van der Waals surface area contributed by atoms with E-state index in [1.807, 2.05) is 19.1 Å². The zero-order valence-corrected chi connectivity index (χ0v) is 32.8. The first-order chi connectivity index (χ1) is 22.6. The number of hydrogen-bond acceptors (Lipinski definition) is 6. The van der Waals surface area contributed by atoms with Gasteiger partial charge in [-0.25, -0.2) is 0 Å². The third kappa shape index (κ3) is 7.56. The molecule has 0 aliphatic carbocycles. The van der Waals surface area contributed by atoms with Crippen LogP contribution in [0.5, 0.6) is 0 Å². The first-order valence-corrected chi connectivity index (χ1v) is 25.3. The third-order valence-corrected chi connectivity index (χ3v) is 25.6. The summed E-state index contributed by atoms with van der Waals surface area (Å²) in [6.45, 7) is 18.4. The molecule has 47 heavy (non-hydrogen) atoms. The van der Waals surface area contributed by atoms with Crippen LogP contribution in [0.2, 0.25) is 18.3 Å². The number of fused-ring (bicyclic) bond motifs is 1. The number of nitrogens with zero attached hydrogens (tertiary/aromatic N) is 6. The quantitative estimate of drug-likeness (QED) is 0.124. The molecule has 4 rings (SSSR count). The van der Waals surface area contributed by atoms with Crippen LogP contribution in [0, 0.1) is 18.3 Å². The first-order valence-electron chi connectivity index (χ1n) is 17.4. The molecule has 0 radical (unpaired) electrons. The molecule has 1 aliphatic heterocycles. The van der Waals surface area contributed by atoms with E-state index in [-0.39, 0.29) is 17.4 Å². The Bertz CT molecular complexity index is 1680. The Labute approximate surface area is 289 Å². The number of pyridine rings is 3. The van der Waals surface area contributed by atoms with Gasteiger partial charge in [0.15, 0.2) is 0 Å². The van der Waals surface area contributed by atoms with E-state index in [1.54, 1.807) is 15.7 Å². The summed E-state index contributed by atoms with van der Waals surface area (Å²) >= 11 is 4.19. The molecule has 0 atom stereocenters. The molecule has 1 amide bonds. The Hall–Kier alpha value is -2.90. The number of amides is 1. The standard InChI is InChI=1S/C25H24ClN6O2.3C4H9.Sn/c1-5-20(33)30-8-10-31(11-9-30)23-18-12-17(26)14-29-24(18)32(25(34)19(23)13-27)22-16(4)6-7-28-21(22)15(2)3;3*1-3-4-2;/h5-7,12,15H,1,8-11H2,2-4H3;3*1,3-4H2,2H3;. The van der Waals surface area contributed by atoms with Gasteiger partial charge in [-0.2, -0.15) is 0 Å². The van der Waals surface area contributed by atoms with Gasteiger partial charge in [0.2, 0.25) is 0 Å². The van der Waals surface area contributed by atoms with Crippen molar-refractivity contribution in [2.24, 2.45) is 0 Å². The average Bonchev–Trinajstić information content (AvgIpc) is 3.07. The van der Waals surface area contributed by atoms with Gasteiger partial charge >= 0.3 is 291 Å². The van der Waals surface area contributed by atoms with Crippen molar-refractivity contribution in [1.82, 2.24) is 19.4 Å². The van der Waals surface area contributed by atoms with E-state index in [1.165, 1.54) is 19.4 Å². The van der Waals surface area contributed by atoms with E-state index >= 15 is 0 Å². The molecule has 1 fully saturated rings. The van der Waals surface area contributed by atoms with Crippen LogP contribution in [0.25, 0.3) is 16.7 Å². The Balaban J connectivity index is 2.14. The fourth-order valence-electron chi connectivity index (χ4n) is 7.12. The van der Waals surface area contributed by atoms with Gasteiger partial charge < -0.3 is 0 Å². The van der Waals surface area contributed by atoms with E-state index in [0.717, 1.165) is 53.5 Å². The Kier molecular flexibility index (Phi) is 12.9. The van der Waals surface area contributed by atoms with Crippen LogP contribution < -0.4 is 14.2 Å². The summed E-state index contributed by atoms with van der Waals surface area (Å²) in [5.41, 5.74) is 3.15. The first kappa shape index (κ1) is 36.9. The number of anilines is 1. The van der Waals surface area contributed by atoms with Crippen molar-refractivity contribution in [3.05, 3.63) is 63.2 Å². The summed E-state index contributed by atoms with van der Waals surface area (Å²) in [4.78, 5) is 41.2. The molecule has 1 saturated heterocycles. The molecule has 0 aromatic carbocycles. The fourth-order valence-corrected chi connectivity index (χ4v) is 24.2. The number of carbonyl (C=O) groups is 1. The minimum absolute atomic E-state index is 0.0382. The molecule has 252 valence electrons. The fraction of sp³-hybridized carbons (Fsp3) is 0.541. The van der Waals surface area contributed by atoms with Crippen molar-refractivity contribution < 1.29 is 4.79 Å². The zero-order chi connectivity index (χ0) is 34.3. The van der Waals surface area contributed by atoms with Crippen LogP contribution in [-0.2, 0) is 4.79 Å². The molecule has 0 spiro atoms. The van der Waals surface area contributed by atoms with E-state index in [2.05, 4.69) is 52.2 Å². The van der Waals surface area contributed by atoms with Gasteiger partial charge in [-0.3, -0.25) is 0 Å². The molecule has 0 N–H and O–H groups in total. The van der Waals surface area contributed by atoms with Crippen molar-refractivity contribution in [2.75, 3.05) is 31.1 Å². The maximum atomic E-state index is 14.7. The van der Waals surface area contributed by atoms with Gasteiger partial charge in [0.1, 0.15) is 0 Å². The second-order valence-corrected chi connectivity index (χ2v) is 26.6. The second kappa shape index (κ2) is 16.5. The molecule has 3 aromatic rings. The van der Waals surface area contributed by atoms with Crippen molar-refractivity contribution in [3.63, 3.8) is 0 Å². The van der Waals surface area contributed by atoms with Crippen molar-refractivity contribution in [2.45, 2.75) is 99.3 Å². The molecule has 0 saturated carbocycles. The van der Waals surface area contributed by atoms with Crippen LogP contribution in [0.1, 0.15) is 95.9 Å². The number of aromatic nitrogens is 3. The average molecular weight is 766 g/mol. The minimum atomic E-state index is -3.20. The molecule has 10 heteroatoms. The normalized spacial score (nSPS) is 13.8. The monoisotopic (exact) mass is 766 g/mol. The summed E-state index contributed by atoms with van der Waals surface area (Å²) in [7, 11) is 0. The summed E-state index contributed by atoms with van der Waals surface area (Å²) in [5, 5.41) is 12.0. The van der Waals surface area contributed by atoms with Gasteiger partial charge in [0, 0.05) is 0 Å². The van der Waals surface area contributed by atoms with Crippen LogP contribution in [0.4, 0.5) is 5.69 Å². The molecular formula is C37H51ClN6O2Sn. The number of halogens is 1. The molecular weight excluding hydrogens is 715 g/mol. The Morgan fingerprint density at radius 1 is 1.06 bits per heavy atom. The van der Waals surface area contributed by atoms with Crippen molar-refractivity contribution in [3.8, 4) is 11.8 Å². The Morgan fingerprint density at radius 3 is 2.17 bits per heavy atom. The van der Waals surface area contributed by atoms with Gasteiger partial charge in [-0.1, -0.05) is 0 Å². The van der Waals surface area contributed by atoms with Crippen molar-refractivity contribution >= 4 is 56.3 Å². The van der Waals surface area contributed by atoms with Gasteiger partial charge in [-0.05, 0) is 0 Å². The number of piperazine rings is 1. The molecule has 8 nitrogen and oxygen atoms in total. The van der Waals surface area contributed by atoms with E-state index in [0.29, 0.717) is 53.6 Å². The topological polar surface area (TPSA) is 95.1 Å². The van der Waals surface area contributed by atoms with E-state index < -0.39 is 23.9 Å². The summed E-state index contributed by atoms with van der Waals surface area (Å²) in [6, 6.07) is 6.19. The van der Waals surface area contributed by atoms with Gasteiger partial charge in [0.25, 0.3) is 0 Å². The molecule has 3 aromatic heterocycles. The number of rotatable bonds is 14. The third-order valence-electron chi connectivity index (χ3n) is 9.72. The molecule has 0 bridgehead atoms. The summed E-state index contributed by atoms with van der Waals surface area (Å²) < 4.78 is 6.27. The van der Waals surface area contributed by atoms with Crippen LogP contribution in [-0.4, -0.2) is 69.9 Å². The number of unbranched alkanes of at least 4 members (excludes halogenated alkanes) is 3. The maximum absolute atomic E-state index is 14.7.